The first-order valence-electron chi connectivity index (χ1n) is 7.21. The Hall–Kier alpha value is -0.490. The molecule has 0 saturated carbocycles. The van der Waals surface area contributed by atoms with Crippen molar-refractivity contribution < 1.29 is 0 Å². The third-order valence-corrected chi connectivity index (χ3v) is 4.49. The molecule has 1 aliphatic heterocycles. The summed E-state index contributed by atoms with van der Waals surface area (Å²) in [4.78, 5) is 9.65. The van der Waals surface area contributed by atoms with Crippen LogP contribution in [-0.2, 0) is 13.0 Å². The molecule has 1 aromatic heterocycles. The van der Waals surface area contributed by atoms with Crippen molar-refractivity contribution in [3.05, 3.63) is 16.1 Å². The number of nitrogens with one attached hydrogen (secondary N) is 1. The van der Waals surface area contributed by atoms with Crippen molar-refractivity contribution in [2.75, 3.05) is 39.8 Å². The van der Waals surface area contributed by atoms with Gasteiger partial charge >= 0.3 is 0 Å². The van der Waals surface area contributed by atoms with E-state index in [4.69, 9.17) is 4.98 Å². The number of aromatic nitrogens is 1. The first kappa shape index (κ1) is 14.9. The van der Waals surface area contributed by atoms with Gasteiger partial charge in [-0.15, -0.1) is 11.3 Å². The molecule has 1 aromatic rings. The van der Waals surface area contributed by atoms with Gasteiger partial charge in [0.2, 0.25) is 0 Å². The Morgan fingerprint density at radius 1 is 1.32 bits per heavy atom. The van der Waals surface area contributed by atoms with Gasteiger partial charge < -0.3 is 15.1 Å². The van der Waals surface area contributed by atoms with E-state index in [9.17, 15) is 0 Å². The first-order chi connectivity index (χ1) is 9.13. The molecule has 0 spiro atoms. The molecule has 2 heterocycles. The quantitative estimate of drug-likeness (QED) is 0.855. The molecule has 1 saturated heterocycles. The van der Waals surface area contributed by atoms with E-state index in [1.807, 2.05) is 0 Å². The van der Waals surface area contributed by atoms with Crippen LogP contribution < -0.4 is 5.32 Å². The monoisotopic (exact) mass is 282 g/mol. The van der Waals surface area contributed by atoms with E-state index in [0.29, 0.717) is 6.04 Å². The summed E-state index contributed by atoms with van der Waals surface area (Å²) in [5.41, 5.74) is 1.19. The van der Waals surface area contributed by atoms with Crippen molar-refractivity contribution in [1.82, 2.24) is 20.1 Å². The fourth-order valence-electron chi connectivity index (χ4n) is 2.18. The second-order valence-corrected chi connectivity index (χ2v) is 6.61. The number of likely N-dealkylation sites (N-methyl/N-ethyl adjacent to an activating group) is 1. The van der Waals surface area contributed by atoms with Gasteiger partial charge in [0.05, 0.1) is 10.7 Å². The van der Waals surface area contributed by atoms with Gasteiger partial charge in [-0.05, 0) is 7.05 Å². The number of piperazine rings is 1. The van der Waals surface area contributed by atoms with Crippen LogP contribution in [0.4, 0.5) is 0 Å². The predicted octanol–water partition coefficient (Wildman–Crippen LogP) is 1.43. The molecule has 5 heteroatoms. The fraction of sp³-hybridized carbons (Fsp3) is 0.786. The van der Waals surface area contributed by atoms with Crippen LogP contribution in [0, 0.1) is 0 Å². The third kappa shape index (κ3) is 5.18. The van der Waals surface area contributed by atoms with Crippen LogP contribution in [0.1, 0.15) is 24.5 Å². The summed E-state index contributed by atoms with van der Waals surface area (Å²) in [5.74, 6) is 0. The average Bonchev–Trinajstić information content (AvgIpc) is 2.84. The average molecular weight is 282 g/mol. The Morgan fingerprint density at radius 3 is 2.74 bits per heavy atom. The molecule has 1 N–H and O–H groups in total. The Morgan fingerprint density at radius 2 is 2.05 bits per heavy atom. The maximum Gasteiger partial charge on any atom is 0.0941 e. The molecule has 2 rings (SSSR count). The Bertz CT molecular complexity index is 369. The molecule has 0 bridgehead atoms. The van der Waals surface area contributed by atoms with Crippen LogP contribution in [0.3, 0.4) is 0 Å². The van der Waals surface area contributed by atoms with Gasteiger partial charge in [0.25, 0.3) is 0 Å². The zero-order valence-electron chi connectivity index (χ0n) is 12.4. The van der Waals surface area contributed by atoms with Crippen LogP contribution in [0.15, 0.2) is 5.38 Å². The molecular weight excluding hydrogens is 256 g/mol. The van der Waals surface area contributed by atoms with Crippen molar-refractivity contribution in [3.8, 4) is 0 Å². The maximum absolute atomic E-state index is 4.70. The molecule has 4 nitrogen and oxygen atoms in total. The summed E-state index contributed by atoms with van der Waals surface area (Å²) in [5, 5.41) is 6.88. The fourth-order valence-corrected chi connectivity index (χ4v) is 2.97. The number of hydrogen-bond donors (Lipinski definition) is 1. The van der Waals surface area contributed by atoms with Crippen molar-refractivity contribution in [1.29, 1.82) is 0 Å². The van der Waals surface area contributed by atoms with Gasteiger partial charge in [0.1, 0.15) is 0 Å². The molecule has 0 radical (unpaired) electrons. The normalized spacial score (nSPS) is 18.3. The second-order valence-electron chi connectivity index (χ2n) is 5.66. The van der Waals surface area contributed by atoms with Gasteiger partial charge in [0.15, 0.2) is 0 Å². The molecular formula is C14H26N4S. The summed E-state index contributed by atoms with van der Waals surface area (Å²) in [7, 11) is 2.20. The second kappa shape index (κ2) is 7.33. The van der Waals surface area contributed by atoms with Crippen LogP contribution in [-0.4, -0.2) is 60.6 Å². The van der Waals surface area contributed by atoms with Gasteiger partial charge in [0, 0.05) is 57.1 Å². The standard InChI is InChI=1S/C14H26N4S/c1-12(2)15-10-13-11-19-14(16-13)4-5-18-8-6-17(3)7-9-18/h11-12,15H,4-10H2,1-3H3. The molecule has 0 amide bonds. The lowest BCUT2D eigenvalue weighted by Crippen LogP contribution is -2.45. The highest BCUT2D eigenvalue weighted by Gasteiger charge is 2.13. The van der Waals surface area contributed by atoms with Gasteiger partial charge in [-0.25, -0.2) is 4.98 Å². The number of rotatable bonds is 6. The zero-order chi connectivity index (χ0) is 13.7. The minimum atomic E-state index is 0.524. The maximum atomic E-state index is 4.70. The summed E-state index contributed by atoms with van der Waals surface area (Å²) in [6.45, 7) is 11.2. The van der Waals surface area contributed by atoms with Gasteiger partial charge in [-0.2, -0.15) is 0 Å². The Labute approximate surface area is 120 Å². The number of thiazole rings is 1. The van der Waals surface area contributed by atoms with Crippen LogP contribution in [0.5, 0.6) is 0 Å². The number of hydrogen-bond acceptors (Lipinski definition) is 5. The van der Waals surface area contributed by atoms with Gasteiger partial charge in [-0.1, -0.05) is 13.8 Å². The van der Waals surface area contributed by atoms with E-state index in [1.54, 1.807) is 11.3 Å². The van der Waals surface area contributed by atoms with E-state index in [0.717, 1.165) is 19.5 Å². The lowest BCUT2D eigenvalue weighted by Gasteiger charge is -2.32. The Balaban J connectivity index is 1.71. The molecule has 0 aromatic carbocycles. The third-order valence-electron chi connectivity index (χ3n) is 3.53. The minimum Gasteiger partial charge on any atom is -0.309 e. The topological polar surface area (TPSA) is 31.4 Å². The summed E-state index contributed by atoms with van der Waals surface area (Å²) in [6.07, 6.45) is 1.09. The highest BCUT2D eigenvalue weighted by Crippen LogP contribution is 2.11. The molecule has 1 fully saturated rings. The predicted molar refractivity (Wildman–Crippen MR) is 81.7 cm³/mol. The van der Waals surface area contributed by atoms with E-state index in [-0.39, 0.29) is 0 Å². The minimum absolute atomic E-state index is 0.524. The first-order valence-corrected chi connectivity index (χ1v) is 8.09. The number of nitrogens with zero attached hydrogens (tertiary/aromatic N) is 3. The van der Waals surface area contributed by atoms with E-state index < -0.39 is 0 Å². The molecule has 1 aliphatic rings. The summed E-state index contributed by atoms with van der Waals surface area (Å²) in [6, 6.07) is 0.524. The molecule has 19 heavy (non-hydrogen) atoms. The zero-order valence-corrected chi connectivity index (χ0v) is 13.2. The van der Waals surface area contributed by atoms with E-state index in [1.165, 1.54) is 36.9 Å². The molecule has 0 aliphatic carbocycles. The highest BCUT2D eigenvalue weighted by atomic mass is 32.1. The summed E-state index contributed by atoms with van der Waals surface area (Å²) < 4.78 is 0. The van der Waals surface area contributed by atoms with Gasteiger partial charge in [-0.3, -0.25) is 0 Å². The molecule has 0 atom stereocenters. The van der Waals surface area contributed by atoms with Crippen LogP contribution in [0.25, 0.3) is 0 Å². The molecule has 0 unspecified atom stereocenters. The SMILES string of the molecule is CC(C)NCc1csc(CCN2CCN(C)CC2)n1. The summed E-state index contributed by atoms with van der Waals surface area (Å²) >= 11 is 1.80. The Kier molecular flexibility index (Phi) is 5.76. The van der Waals surface area contributed by atoms with Crippen molar-refractivity contribution in [2.24, 2.45) is 0 Å². The lowest BCUT2D eigenvalue weighted by atomic mass is 10.3. The van der Waals surface area contributed by atoms with Crippen molar-refractivity contribution in [3.63, 3.8) is 0 Å². The van der Waals surface area contributed by atoms with Crippen LogP contribution in [0.2, 0.25) is 0 Å². The van der Waals surface area contributed by atoms with Crippen molar-refractivity contribution in [2.45, 2.75) is 32.9 Å². The lowest BCUT2D eigenvalue weighted by molar-refractivity contribution is 0.155. The van der Waals surface area contributed by atoms with E-state index in [2.05, 4.69) is 41.4 Å². The largest absolute Gasteiger partial charge is 0.309 e. The highest BCUT2D eigenvalue weighted by molar-refractivity contribution is 7.09. The van der Waals surface area contributed by atoms with Crippen molar-refractivity contribution >= 4 is 11.3 Å². The molecule has 108 valence electrons. The van der Waals surface area contributed by atoms with E-state index >= 15 is 0 Å². The van der Waals surface area contributed by atoms with Crippen LogP contribution >= 0.6 is 11.3 Å². The smallest absolute Gasteiger partial charge is 0.0941 e.